The molecule has 0 aromatic heterocycles. The first-order chi connectivity index (χ1) is 7.11. The predicted octanol–water partition coefficient (Wildman–Crippen LogP) is 1.65. The monoisotopic (exact) mass is 215 g/mol. The summed E-state index contributed by atoms with van der Waals surface area (Å²) in [6, 6.07) is 0.648. The molecule has 0 saturated heterocycles. The highest BCUT2D eigenvalue weighted by Crippen LogP contribution is 2.35. The van der Waals surface area contributed by atoms with Crippen molar-refractivity contribution >= 4 is 6.08 Å². The maximum absolute atomic E-state index is 13.2. The molecule has 0 aliphatic carbocycles. The second-order valence-electron chi connectivity index (χ2n) is 2.77. The van der Waals surface area contributed by atoms with Gasteiger partial charge in [-0.25, -0.2) is 8.78 Å². The zero-order chi connectivity index (χ0) is 11.4. The molecule has 0 radical (unpaired) electrons. The Hall–Kier alpha value is -1.62. The maximum atomic E-state index is 13.2. The van der Waals surface area contributed by atoms with Gasteiger partial charge in [0.1, 0.15) is 5.82 Å². The number of benzene rings is 1. The molecular formula is C10H11F2NO2. The van der Waals surface area contributed by atoms with Crippen LogP contribution in [0, 0.1) is 11.6 Å². The van der Waals surface area contributed by atoms with Crippen molar-refractivity contribution in [2.75, 3.05) is 13.7 Å². The van der Waals surface area contributed by atoms with Gasteiger partial charge in [0.25, 0.3) is 0 Å². The third kappa shape index (κ3) is 2.24. The molecule has 1 rings (SSSR count). The van der Waals surface area contributed by atoms with Crippen molar-refractivity contribution in [3.05, 3.63) is 29.3 Å². The number of hydrogen-bond acceptors (Lipinski definition) is 3. The van der Waals surface area contributed by atoms with Crippen LogP contribution in [-0.2, 0) is 0 Å². The standard InChI is InChI=1S/C10H11F2NO2/c1-15-10-8(12)5-7(11)6(9(10)14)3-2-4-13/h2-3,5,14H,4,13H2,1H3/b3-2+. The fourth-order valence-corrected chi connectivity index (χ4v) is 1.14. The first kappa shape index (κ1) is 11.5. The van der Waals surface area contributed by atoms with Crippen molar-refractivity contribution in [2.45, 2.75) is 0 Å². The largest absolute Gasteiger partial charge is 0.504 e. The van der Waals surface area contributed by atoms with Crippen LogP contribution in [0.3, 0.4) is 0 Å². The summed E-state index contributed by atoms with van der Waals surface area (Å²) in [6.45, 7) is 0.193. The number of hydrogen-bond donors (Lipinski definition) is 2. The lowest BCUT2D eigenvalue weighted by Gasteiger charge is -2.08. The van der Waals surface area contributed by atoms with E-state index in [9.17, 15) is 13.9 Å². The van der Waals surface area contributed by atoms with Crippen LogP contribution in [0.1, 0.15) is 5.56 Å². The Balaban J connectivity index is 3.32. The SMILES string of the molecule is COc1c(F)cc(F)c(/C=C/CN)c1O. The third-order valence-electron chi connectivity index (χ3n) is 1.82. The van der Waals surface area contributed by atoms with Crippen molar-refractivity contribution < 1.29 is 18.6 Å². The van der Waals surface area contributed by atoms with Crippen molar-refractivity contribution in [1.82, 2.24) is 0 Å². The number of phenolic OH excluding ortho intramolecular Hbond substituents is 1. The molecular weight excluding hydrogens is 204 g/mol. The molecule has 0 aliphatic rings. The van der Waals surface area contributed by atoms with Crippen LogP contribution in [0.5, 0.6) is 11.5 Å². The highest BCUT2D eigenvalue weighted by Gasteiger charge is 2.16. The van der Waals surface area contributed by atoms with Gasteiger partial charge in [-0.3, -0.25) is 0 Å². The summed E-state index contributed by atoms with van der Waals surface area (Å²) in [7, 11) is 1.19. The van der Waals surface area contributed by atoms with Gasteiger partial charge in [-0.15, -0.1) is 0 Å². The van der Waals surface area contributed by atoms with Gasteiger partial charge in [-0.1, -0.05) is 12.2 Å². The quantitative estimate of drug-likeness (QED) is 0.806. The van der Waals surface area contributed by atoms with E-state index in [4.69, 9.17) is 5.73 Å². The number of methoxy groups -OCH3 is 1. The molecule has 0 unspecified atom stereocenters. The molecule has 0 bridgehead atoms. The molecule has 3 N–H and O–H groups in total. The number of aromatic hydroxyl groups is 1. The minimum Gasteiger partial charge on any atom is -0.504 e. The van der Waals surface area contributed by atoms with E-state index in [1.54, 1.807) is 0 Å². The molecule has 82 valence electrons. The number of nitrogens with two attached hydrogens (primary N) is 1. The summed E-state index contributed by atoms with van der Waals surface area (Å²) >= 11 is 0. The van der Waals surface area contributed by atoms with E-state index in [-0.39, 0.29) is 17.9 Å². The molecule has 0 atom stereocenters. The summed E-state index contributed by atoms with van der Waals surface area (Å²) in [4.78, 5) is 0. The Morgan fingerprint density at radius 1 is 1.47 bits per heavy atom. The van der Waals surface area contributed by atoms with Crippen LogP contribution in [-0.4, -0.2) is 18.8 Å². The minimum atomic E-state index is -0.947. The summed E-state index contributed by atoms with van der Waals surface area (Å²) in [5.74, 6) is -2.76. The number of halogens is 2. The second-order valence-corrected chi connectivity index (χ2v) is 2.77. The number of phenols is 1. The summed E-state index contributed by atoms with van der Waals surface area (Å²) in [5, 5.41) is 9.48. The Morgan fingerprint density at radius 3 is 2.67 bits per heavy atom. The molecule has 0 amide bonds. The fourth-order valence-electron chi connectivity index (χ4n) is 1.14. The van der Waals surface area contributed by atoms with E-state index in [0.29, 0.717) is 6.07 Å². The average Bonchev–Trinajstić information content (AvgIpc) is 2.17. The lowest BCUT2D eigenvalue weighted by Crippen LogP contribution is -1.96. The molecule has 5 heteroatoms. The third-order valence-corrected chi connectivity index (χ3v) is 1.82. The molecule has 0 fully saturated rings. The highest BCUT2D eigenvalue weighted by molar-refractivity contribution is 5.62. The van der Waals surface area contributed by atoms with Gasteiger partial charge < -0.3 is 15.6 Å². The average molecular weight is 215 g/mol. The zero-order valence-corrected chi connectivity index (χ0v) is 8.13. The molecule has 3 nitrogen and oxygen atoms in total. The van der Waals surface area contributed by atoms with Crippen LogP contribution >= 0.6 is 0 Å². The molecule has 1 aromatic rings. The zero-order valence-electron chi connectivity index (χ0n) is 8.13. The molecule has 0 spiro atoms. The molecule has 0 aliphatic heterocycles. The smallest absolute Gasteiger partial charge is 0.197 e. The van der Waals surface area contributed by atoms with Crippen molar-refractivity contribution in [1.29, 1.82) is 0 Å². The van der Waals surface area contributed by atoms with Crippen LogP contribution in [0.4, 0.5) is 8.78 Å². The Morgan fingerprint density at radius 2 is 2.13 bits per heavy atom. The van der Waals surface area contributed by atoms with Crippen molar-refractivity contribution in [2.24, 2.45) is 5.73 Å². The van der Waals surface area contributed by atoms with Gasteiger partial charge in [-0.2, -0.15) is 0 Å². The van der Waals surface area contributed by atoms with Crippen molar-refractivity contribution in [3.8, 4) is 11.5 Å². The normalized spacial score (nSPS) is 10.9. The van der Waals surface area contributed by atoms with Crippen LogP contribution in [0.25, 0.3) is 6.08 Å². The van der Waals surface area contributed by atoms with Gasteiger partial charge in [0.05, 0.1) is 12.7 Å². The topological polar surface area (TPSA) is 55.5 Å². The van der Waals surface area contributed by atoms with E-state index in [1.807, 2.05) is 0 Å². The van der Waals surface area contributed by atoms with E-state index < -0.39 is 17.4 Å². The van der Waals surface area contributed by atoms with E-state index in [1.165, 1.54) is 19.3 Å². The number of rotatable bonds is 3. The van der Waals surface area contributed by atoms with Crippen molar-refractivity contribution in [3.63, 3.8) is 0 Å². The van der Waals surface area contributed by atoms with Gasteiger partial charge in [0.2, 0.25) is 0 Å². The Labute approximate surface area is 85.8 Å². The van der Waals surface area contributed by atoms with Gasteiger partial charge >= 0.3 is 0 Å². The lowest BCUT2D eigenvalue weighted by atomic mass is 10.1. The first-order valence-electron chi connectivity index (χ1n) is 4.23. The minimum absolute atomic E-state index is 0.140. The lowest BCUT2D eigenvalue weighted by molar-refractivity contribution is 0.347. The molecule has 1 aromatic carbocycles. The summed E-state index contributed by atoms with van der Waals surface area (Å²) in [6.07, 6.45) is 2.71. The van der Waals surface area contributed by atoms with Crippen LogP contribution < -0.4 is 10.5 Å². The van der Waals surface area contributed by atoms with E-state index >= 15 is 0 Å². The first-order valence-corrected chi connectivity index (χ1v) is 4.23. The molecule has 0 saturated carbocycles. The Bertz CT molecular complexity index is 391. The highest BCUT2D eigenvalue weighted by atomic mass is 19.1. The predicted molar refractivity (Wildman–Crippen MR) is 52.7 cm³/mol. The van der Waals surface area contributed by atoms with Gasteiger partial charge in [0, 0.05) is 12.6 Å². The molecule has 15 heavy (non-hydrogen) atoms. The molecule has 0 heterocycles. The fraction of sp³-hybridized carbons (Fsp3) is 0.200. The van der Waals surface area contributed by atoms with Gasteiger partial charge in [0.15, 0.2) is 17.3 Å². The summed E-state index contributed by atoms with van der Waals surface area (Å²) < 4.78 is 30.8. The second kappa shape index (κ2) is 4.75. The van der Waals surface area contributed by atoms with Crippen LogP contribution in [0.15, 0.2) is 12.1 Å². The summed E-state index contributed by atoms with van der Waals surface area (Å²) in [5.41, 5.74) is 5.04. The van der Waals surface area contributed by atoms with E-state index in [2.05, 4.69) is 4.74 Å². The van der Waals surface area contributed by atoms with Crippen LogP contribution in [0.2, 0.25) is 0 Å². The Kier molecular flexibility index (Phi) is 3.62. The van der Waals surface area contributed by atoms with Gasteiger partial charge in [-0.05, 0) is 0 Å². The number of ether oxygens (including phenoxy) is 1. The maximum Gasteiger partial charge on any atom is 0.197 e. The van der Waals surface area contributed by atoms with E-state index in [0.717, 1.165) is 0 Å².